The van der Waals surface area contributed by atoms with Crippen molar-refractivity contribution in [3.05, 3.63) is 95.5 Å². The summed E-state index contributed by atoms with van der Waals surface area (Å²) >= 11 is 1.55. The van der Waals surface area contributed by atoms with Crippen LogP contribution in [0.2, 0.25) is 0 Å². The number of benzene rings is 2. The predicted octanol–water partition coefficient (Wildman–Crippen LogP) is 3.99. The summed E-state index contributed by atoms with van der Waals surface area (Å²) in [6.07, 6.45) is 3.85. The quantitative estimate of drug-likeness (QED) is 0.543. The molecule has 0 unspecified atom stereocenters. The lowest BCUT2D eigenvalue weighted by Crippen LogP contribution is -2.32. The fourth-order valence-electron chi connectivity index (χ4n) is 3.08. The first-order valence-electron chi connectivity index (χ1n) is 9.02. The number of imidazole rings is 1. The summed E-state index contributed by atoms with van der Waals surface area (Å²) in [7, 11) is 1.93. The molecule has 0 fully saturated rings. The lowest BCUT2D eigenvalue weighted by Gasteiger charge is -2.19. The average molecular weight is 388 g/mol. The Morgan fingerprint density at radius 1 is 1.11 bits per heavy atom. The van der Waals surface area contributed by atoms with Gasteiger partial charge in [-0.1, -0.05) is 60.7 Å². The number of rotatable bonds is 6. The molecule has 1 N–H and O–H groups in total. The number of aryl methyl sites for hydroxylation is 1. The largest absolute Gasteiger partial charge is 0.342 e. The maximum atomic E-state index is 12.8. The van der Waals surface area contributed by atoms with Gasteiger partial charge in [0.2, 0.25) is 5.91 Å². The van der Waals surface area contributed by atoms with E-state index in [1.165, 1.54) is 0 Å². The minimum atomic E-state index is -0.305. The van der Waals surface area contributed by atoms with E-state index in [1.807, 2.05) is 83.9 Å². The van der Waals surface area contributed by atoms with Crippen LogP contribution >= 0.6 is 11.3 Å². The van der Waals surface area contributed by atoms with Gasteiger partial charge < -0.3 is 9.88 Å². The third-order valence-electron chi connectivity index (χ3n) is 4.47. The molecule has 6 heteroatoms. The number of aromatic nitrogens is 3. The second kappa shape index (κ2) is 8.19. The number of amides is 1. The first-order chi connectivity index (χ1) is 13.7. The molecule has 140 valence electrons. The summed E-state index contributed by atoms with van der Waals surface area (Å²) in [4.78, 5) is 21.8. The van der Waals surface area contributed by atoms with Crippen molar-refractivity contribution in [3.8, 4) is 10.6 Å². The van der Waals surface area contributed by atoms with Crippen LogP contribution in [0.4, 0.5) is 0 Å². The number of carbonyl (C=O) groups excluding carboxylic acids is 1. The molecular weight excluding hydrogens is 368 g/mol. The Balaban J connectivity index is 1.51. The van der Waals surface area contributed by atoms with Crippen molar-refractivity contribution in [1.82, 2.24) is 19.9 Å². The maximum Gasteiger partial charge on any atom is 0.226 e. The monoisotopic (exact) mass is 388 g/mol. The van der Waals surface area contributed by atoms with E-state index < -0.39 is 0 Å². The molecule has 5 nitrogen and oxygen atoms in total. The summed E-state index contributed by atoms with van der Waals surface area (Å²) in [5.74, 6) is 0.713. The zero-order valence-electron chi connectivity index (χ0n) is 15.4. The molecule has 0 saturated heterocycles. The van der Waals surface area contributed by atoms with Crippen LogP contribution in [0.25, 0.3) is 10.6 Å². The molecule has 1 amide bonds. The van der Waals surface area contributed by atoms with Gasteiger partial charge in [-0.2, -0.15) is 0 Å². The summed E-state index contributed by atoms with van der Waals surface area (Å²) in [5.41, 5.74) is 2.83. The van der Waals surface area contributed by atoms with E-state index in [0.717, 1.165) is 27.7 Å². The van der Waals surface area contributed by atoms with Crippen LogP contribution in [0.15, 0.2) is 78.4 Å². The molecule has 2 aromatic heterocycles. The molecule has 0 aliphatic carbocycles. The zero-order valence-corrected chi connectivity index (χ0v) is 16.3. The first-order valence-corrected chi connectivity index (χ1v) is 9.90. The summed E-state index contributed by atoms with van der Waals surface area (Å²) < 4.78 is 1.92. The van der Waals surface area contributed by atoms with Gasteiger partial charge in [-0.25, -0.2) is 9.97 Å². The van der Waals surface area contributed by atoms with Gasteiger partial charge in [-0.05, 0) is 5.56 Å². The smallest absolute Gasteiger partial charge is 0.226 e. The summed E-state index contributed by atoms with van der Waals surface area (Å²) in [6.45, 7) is 0. The second-order valence-electron chi connectivity index (χ2n) is 6.49. The number of hydrogen-bond donors (Lipinski definition) is 1. The highest BCUT2D eigenvalue weighted by Gasteiger charge is 2.21. The van der Waals surface area contributed by atoms with Gasteiger partial charge in [0.15, 0.2) is 0 Å². The predicted molar refractivity (Wildman–Crippen MR) is 111 cm³/mol. The Morgan fingerprint density at radius 2 is 1.82 bits per heavy atom. The van der Waals surface area contributed by atoms with E-state index in [-0.39, 0.29) is 18.4 Å². The molecule has 0 aliphatic rings. The Hall–Kier alpha value is -3.25. The van der Waals surface area contributed by atoms with Gasteiger partial charge in [0.25, 0.3) is 0 Å². The minimum absolute atomic E-state index is 0.0817. The standard InChI is InChI=1S/C22H20N4OS/c1-26-13-12-23-21(26)20(16-8-4-2-5-9-16)25-19(27)14-18-15-28-22(24-18)17-10-6-3-7-11-17/h2-13,15,20H,14H2,1H3,(H,25,27)/t20-/m0/s1. The van der Waals surface area contributed by atoms with Crippen molar-refractivity contribution < 1.29 is 4.79 Å². The second-order valence-corrected chi connectivity index (χ2v) is 7.35. The average Bonchev–Trinajstić information content (AvgIpc) is 3.36. The molecule has 1 atom stereocenters. The SMILES string of the molecule is Cn1ccnc1[C@@H](NC(=O)Cc1csc(-c2ccccc2)n1)c1ccccc1. The Kier molecular flexibility index (Phi) is 5.30. The van der Waals surface area contributed by atoms with Crippen LogP contribution < -0.4 is 5.32 Å². The van der Waals surface area contributed by atoms with E-state index in [0.29, 0.717) is 0 Å². The van der Waals surface area contributed by atoms with Gasteiger partial charge in [0.1, 0.15) is 16.9 Å². The van der Waals surface area contributed by atoms with Crippen LogP contribution in [0.1, 0.15) is 23.1 Å². The maximum absolute atomic E-state index is 12.8. The molecule has 0 radical (unpaired) electrons. The van der Waals surface area contributed by atoms with Gasteiger partial charge in [0.05, 0.1) is 12.1 Å². The lowest BCUT2D eigenvalue weighted by molar-refractivity contribution is -0.121. The minimum Gasteiger partial charge on any atom is -0.342 e. The number of carbonyl (C=O) groups is 1. The van der Waals surface area contributed by atoms with Crippen LogP contribution in [-0.4, -0.2) is 20.4 Å². The molecule has 0 bridgehead atoms. The van der Waals surface area contributed by atoms with Gasteiger partial charge in [-0.15, -0.1) is 11.3 Å². The fraction of sp³-hybridized carbons (Fsp3) is 0.136. The zero-order chi connectivity index (χ0) is 19.3. The molecular formula is C22H20N4OS. The first kappa shape index (κ1) is 18.1. The number of nitrogens with one attached hydrogen (secondary N) is 1. The van der Waals surface area contributed by atoms with E-state index >= 15 is 0 Å². The highest BCUT2D eigenvalue weighted by molar-refractivity contribution is 7.13. The fourth-order valence-corrected chi connectivity index (χ4v) is 3.90. The van der Waals surface area contributed by atoms with Crippen LogP contribution in [0.5, 0.6) is 0 Å². The molecule has 28 heavy (non-hydrogen) atoms. The summed E-state index contributed by atoms with van der Waals surface area (Å²) in [5, 5.41) is 5.98. The van der Waals surface area contributed by atoms with Gasteiger partial charge in [0, 0.05) is 30.4 Å². The van der Waals surface area contributed by atoms with Crippen molar-refractivity contribution in [2.75, 3.05) is 0 Å². The highest BCUT2D eigenvalue weighted by atomic mass is 32.1. The molecule has 0 aliphatic heterocycles. The Labute approximate surface area is 167 Å². The van der Waals surface area contributed by atoms with E-state index in [9.17, 15) is 4.79 Å². The normalized spacial score (nSPS) is 11.9. The van der Waals surface area contributed by atoms with E-state index in [4.69, 9.17) is 0 Å². The molecule has 2 aromatic carbocycles. The Bertz CT molecular complexity index is 1060. The van der Waals surface area contributed by atoms with E-state index in [1.54, 1.807) is 17.5 Å². The number of hydrogen-bond acceptors (Lipinski definition) is 4. The Morgan fingerprint density at radius 3 is 2.50 bits per heavy atom. The third-order valence-corrected chi connectivity index (χ3v) is 5.41. The van der Waals surface area contributed by atoms with Gasteiger partial charge in [-0.3, -0.25) is 4.79 Å². The summed E-state index contributed by atoms with van der Waals surface area (Å²) in [6, 6.07) is 19.6. The number of nitrogens with zero attached hydrogens (tertiary/aromatic N) is 3. The highest BCUT2D eigenvalue weighted by Crippen LogP contribution is 2.24. The number of thiazole rings is 1. The van der Waals surface area contributed by atoms with Crippen molar-refractivity contribution in [3.63, 3.8) is 0 Å². The molecule has 2 heterocycles. The third kappa shape index (κ3) is 4.02. The van der Waals surface area contributed by atoms with E-state index in [2.05, 4.69) is 15.3 Å². The van der Waals surface area contributed by atoms with Crippen molar-refractivity contribution in [1.29, 1.82) is 0 Å². The van der Waals surface area contributed by atoms with Crippen molar-refractivity contribution >= 4 is 17.2 Å². The topological polar surface area (TPSA) is 59.8 Å². The van der Waals surface area contributed by atoms with Crippen molar-refractivity contribution in [2.24, 2.45) is 7.05 Å². The van der Waals surface area contributed by atoms with Crippen LogP contribution in [-0.2, 0) is 18.3 Å². The molecule has 0 saturated carbocycles. The van der Waals surface area contributed by atoms with Crippen LogP contribution in [0, 0.1) is 0 Å². The molecule has 0 spiro atoms. The van der Waals surface area contributed by atoms with Crippen LogP contribution in [0.3, 0.4) is 0 Å². The van der Waals surface area contributed by atoms with Crippen molar-refractivity contribution in [2.45, 2.75) is 12.5 Å². The molecule has 4 aromatic rings. The van der Waals surface area contributed by atoms with Gasteiger partial charge >= 0.3 is 0 Å². The lowest BCUT2D eigenvalue weighted by atomic mass is 10.1. The molecule has 4 rings (SSSR count).